The highest BCUT2D eigenvalue weighted by atomic mass is 32.1. The Kier molecular flexibility index (Phi) is 4.59. The molecular formula is C20H16N2OS2. The summed E-state index contributed by atoms with van der Waals surface area (Å²) >= 11 is 3.34. The molecule has 3 nitrogen and oxygen atoms in total. The molecule has 0 aliphatic rings. The van der Waals surface area contributed by atoms with Gasteiger partial charge in [0.2, 0.25) is 0 Å². The monoisotopic (exact) mass is 364 g/mol. The van der Waals surface area contributed by atoms with E-state index in [1.54, 1.807) is 22.7 Å². The van der Waals surface area contributed by atoms with Crippen LogP contribution in [0.25, 0.3) is 20.7 Å². The van der Waals surface area contributed by atoms with Gasteiger partial charge < -0.3 is 5.32 Å². The average molecular weight is 364 g/mol. The molecule has 2 aromatic heterocycles. The zero-order valence-corrected chi connectivity index (χ0v) is 15.1. The lowest BCUT2D eigenvalue weighted by molar-refractivity contribution is 0.0954. The molecule has 0 saturated carbocycles. The number of carbonyl (C=O) groups is 1. The smallest absolute Gasteiger partial charge is 0.251 e. The molecule has 0 spiro atoms. The van der Waals surface area contributed by atoms with Crippen LogP contribution in [0.5, 0.6) is 0 Å². The van der Waals surface area contributed by atoms with E-state index in [-0.39, 0.29) is 5.91 Å². The molecular weight excluding hydrogens is 348 g/mol. The Labute approximate surface area is 154 Å². The van der Waals surface area contributed by atoms with Crippen molar-refractivity contribution >= 4 is 39.4 Å². The number of hydrogen-bond donors (Lipinski definition) is 1. The number of thiophene rings is 1. The first-order valence-electron chi connectivity index (χ1n) is 8.05. The summed E-state index contributed by atoms with van der Waals surface area (Å²) in [6.07, 6.45) is 0.737. The third kappa shape index (κ3) is 3.62. The highest BCUT2D eigenvalue weighted by Crippen LogP contribution is 2.27. The molecule has 4 rings (SSSR count). The maximum Gasteiger partial charge on any atom is 0.251 e. The van der Waals surface area contributed by atoms with Gasteiger partial charge in [-0.25, -0.2) is 4.98 Å². The lowest BCUT2D eigenvalue weighted by atomic mass is 10.1. The topological polar surface area (TPSA) is 42.0 Å². The normalized spacial score (nSPS) is 10.9. The number of carbonyl (C=O) groups excluding carboxylic acids is 1. The molecule has 1 N–H and O–H groups in total. The van der Waals surface area contributed by atoms with Crippen molar-refractivity contribution in [2.75, 3.05) is 6.54 Å². The van der Waals surface area contributed by atoms with Crippen LogP contribution in [0, 0.1) is 0 Å². The van der Waals surface area contributed by atoms with Gasteiger partial charge in [0.05, 0.1) is 10.6 Å². The molecule has 5 heteroatoms. The predicted molar refractivity (Wildman–Crippen MR) is 105 cm³/mol. The summed E-state index contributed by atoms with van der Waals surface area (Å²) in [5.74, 6) is -0.0422. The van der Waals surface area contributed by atoms with E-state index in [0.29, 0.717) is 12.1 Å². The molecule has 0 radical (unpaired) electrons. The number of nitrogens with zero attached hydrogens (tertiary/aromatic N) is 1. The summed E-state index contributed by atoms with van der Waals surface area (Å²) in [6.45, 7) is 0.583. The van der Waals surface area contributed by atoms with Crippen molar-refractivity contribution in [3.63, 3.8) is 0 Å². The van der Waals surface area contributed by atoms with Gasteiger partial charge in [-0.15, -0.1) is 22.7 Å². The summed E-state index contributed by atoms with van der Waals surface area (Å²) in [5, 5.41) is 10.4. The molecule has 0 aliphatic carbocycles. The first-order valence-corrected chi connectivity index (χ1v) is 9.81. The summed E-state index contributed by atoms with van der Waals surface area (Å²) in [6, 6.07) is 17.9. The Balaban J connectivity index is 1.37. The van der Waals surface area contributed by atoms with E-state index in [2.05, 4.69) is 27.1 Å². The van der Waals surface area contributed by atoms with Crippen molar-refractivity contribution in [2.24, 2.45) is 0 Å². The number of benzene rings is 2. The molecule has 0 fully saturated rings. The Morgan fingerprint density at radius 3 is 2.72 bits per heavy atom. The summed E-state index contributed by atoms with van der Waals surface area (Å²) < 4.78 is 0. The van der Waals surface area contributed by atoms with E-state index in [9.17, 15) is 4.79 Å². The highest BCUT2D eigenvalue weighted by molar-refractivity contribution is 7.20. The summed E-state index contributed by atoms with van der Waals surface area (Å²) in [7, 11) is 0. The van der Waals surface area contributed by atoms with Gasteiger partial charge in [0.1, 0.15) is 5.01 Å². The first-order chi connectivity index (χ1) is 12.3. The lowest BCUT2D eigenvalue weighted by Gasteiger charge is -2.05. The molecule has 0 saturated heterocycles. The van der Waals surface area contributed by atoms with Gasteiger partial charge in [-0.05, 0) is 34.4 Å². The minimum atomic E-state index is -0.0422. The van der Waals surface area contributed by atoms with E-state index in [4.69, 9.17) is 0 Å². The fraction of sp³-hybridized carbons (Fsp3) is 0.100. The Morgan fingerprint density at radius 2 is 1.88 bits per heavy atom. The standard InChI is InChI=1S/C20H16N2OS2/c23-19(16-8-7-14-4-1-2-5-15(14)12-16)21-10-9-17-13-25-20(22-17)18-6-3-11-24-18/h1-8,11-13H,9-10H2,(H,21,23). The lowest BCUT2D eigenvalue weighted by Crippen LogP contribution is -2.25. The SMILES string of the molecule is O=C(NCCc1csc(-c2cccs2)n1)c1ccc2ccccc2c1. The molecule has 2 aromatic carbocycles. The van der Waals surface area contributed by atoms with E-state index in [0.717, 1.165) is 27.9 Å². The Morgan fingerprint density at radius 1 is 1.00 bits per heavy atom. The van der Waals surface area contributed by atoms with Crippen molar-refractivity contribution in [1.29, 1.82) is 0 Å². The van der Waals surface area contributed by atoms with Gasteiger partial charge in [0.25, 0.3) is 5.91 Å². The Hall–Kier alpha value is -2.50. The average Bonchev–Trinajstić information content (AvgIpc) is 3.32. The minimum absolute atomic E-state index is 0.0422. The maximum absolute atomic E-state index is 12.3. The van der Waals surface area contributed by atoms with Crippen molar-refractivity contribution in [3.05, 3.63) is 76.6 Å². The molecule has 0 bridgehead atoms. The van der Waals surface area contributed by atoms with Gasteiger partial charge >= 0.3 is 0 Å². The van der Waals surface area contributed by atoms with Gasteiger partial charge in [-0.3, -0.25) is 4.79 Å². The van der Waals surface area contributed by atoms with Crippen molar-refractivity contribution < 1.29 is 4.79 Å². The van der Waals surface area contributed by atoms with Crippen LogP contribution in [-0.4, -0.2) is 17.4 Å². The second kappa shape index (κ2) is 7.17. The van der Waals surface area contributed by atoms with Crippen molar-refractivity contribution in [2.45, 2.75) is 6.42 Å². The van der Waals surface area contributed by atoms with E-state index in [1.807, 2.05) is 48.5 Å². The van der Waals surface area contributed by atoms with Crippen LogP contribution in [0.1, 0.15) is 16.1 Å². The van der Waals surface area contributed by atoms with Gasteiger partial charge in [-0.1, -0.05) is 36.4 Å². The largest absolute Gasteiger partial charge is 0.352 e. The maximum atomic E-state index is 12.3. The number of aromatic nitrogens is 1. The molecule has 25 heavy (non-hydrogen) atoms. The van der Waals surface area contributed by atoms with Crippen molar-refractivity contribution in [1.82, 2.24) is 10.3 Å². The van der Waals surface area contributed by atoms with Crippen LogP contribution in [0.4, 0.5) is 0 Å². The molecule has 124 valence electrons. The summed E-state index contributed by atoms with van der Waals surface area (Å²) in [4.78, 5) is 18.2. The quantitative estimate of drug-likeness (QED) is 0.542. The second-order valence-electron chi connectivity index (χ2n) is 5.69. The van der Waals surface area contributed by atoms with Crippen molar-refractivity contribution in [3.8, 4) is 9.88 Å². The molecule has 0 unspecified atom stereocenters. The molecule has 0 atom stereocenters. The fourth-order valence-electron chi connectivity index (χ4n) is 2.67. The second-order valence-corrected chi connectivity index (χ2v) is 7.49. The van der Waals surface area contributed by atoms with Crippen LogP contribution in [0.3, 0.4) is 0 Å². The number of amides is 1. The number of rotatable bonds is 5. The third-order valence-corrected chi connectivity index (χ3v) is 5.89. The third-order valence-electron chi connectivity index (χ3n) is 3.96. The number of hydrogen-bond acceptors (Lipinski definition) is 4. The zero-order chi connectivity index (χ0) is 17.1. The number of thiazole rings is 1. The van der Waals surface area contributed by atoms with Gasteiger partial charge in [0, 0.05) is 23.9 Å². The van der Waals surface area contributed by atoms with E-state index in [1.165, 1.54) is 4.88 Å². The van der Waals surface area contributed by atoms with Crippen LogP contribution in [0.2, 0.25) is 0 Å². The van der Waals surface area contributed by atoms with Gasteiger partial charge in [-0.2, -0.15) is 0 Å². The molecule has 4 aromatic rings. The number of nitrogens with one attached hydrogen (secondary N) is 1. The van der Waals surface area contributed by atoms with E-state index < -0.39 is 0 Å². The Bertz CT molecular complexity index is 1010. The van der Waals surface area contributed by atoms with Crippen LogP contribution in [0.15, 0.2) is 65.4 Å². The summed E-state index contributed by atoms with van der Waals surface area (Å²) in [5.41, 5.74) is 1.71. The van der Waals surface area contributed by atoms with E-state index >= 15 is 0 Å². The zero-order valence-electron chi connectivity index (χ0n) is 13.4. The molecule has 1 amide bonds. The van der Waals surface area contributed by atoms with Crippen LogP contribution >= 0.6 is 22.7 Å². The fourth-order valence-corrected chi connectivity index (χ4v) is 4.34. The number of fused-ring (bicyclic) bond motifs is 1. The predicted octanol–water partition coefficient (Wildman–Crippen LogP) is 5.00. The highest BCUT2D eigenvalue weighted by Gasteiger charge is 2.08. The van der Waals surface area contributed by atoms with Gasteiger partial charge in [0.15, 0.2) is 0 Å². The first kappa shape index (κ1) is 16.0. The van der Waals surface area contributed by atoms with Crippen LogP contribution < -0.4 is 5.32 Å². The molecule has 2 heterocycles. The molecule has 0 aliphatic heterocycles. The minimum Gasteiger partial charge on any atom is -0.352 e. The van der Waals surface area contributed by atoms with Crippen LogP contribution in [-0.2, 0) is 6.42 Å².